The second kappa shape index (κ2) is 2.94. The minimum Gasteiger partial charge on any atom is -0.368 e. The van der Waals surface area contributed by atoms with Crippen molar-refractivity contribution in [1.29, 1.82) is 0 Å². The molecule has 1 amide bonds. The lowest BCUT2D eigenvalue weighted by Gasteiger charge is -2.08. The number of anilines is 1. The largest absolute Gasteiger partial charge is 0.368 e. The second-order valence-electron chi connectivity index (χ2n) is 2.34. The molecule has 1 atom stereocenters. The Morgan fingerprint density at radius 2 is 2.42 bits per heavy atom. The summed E-state index contributed by atoms with van der Waals surface area (Å²) in [6.45, 7) is 1.60. The number of nitrogen functional groups attached to an aromatic ring is 1. The number of nitrogens with two attached hydrogens (primary N) is 2. The molecule has 1 aromatic heterocycles. The number of H-pyrrole nitrogens is 1. The zero-order chi connectivity index (χ0) is 9.30. The summed E-state index contributed by atoms with van der Waals surface area (Å²) in [5, 5.41) is 6.09. The Bertz CT molecular complexity index is 353. The van der Waals surface area contributed by atoms with Crippen molar-refractivity contribution in [2.45, 2.75) is 13.0 Å². The van der Waals surface area contributed by atoms with Gasteiger partial charge in [0, 0.05) is 0 Å². The molecule has 0 aliphatic rings. The van der Waals surface area contributed by atoms with Gasteiger partial charge in [-0.2, -0.15) is 0 Å². The molecule has 5 N–H and O–H groups in total. The predicted octanol–water partition coefficient (Wildman–Crippen LogP) is -0.431. The standard InChI is InChI=1S/C5H9N5OS/c1-2(3(6)11)10-4(7)8-9-5(10)12/h2H,1H3,(H2,6,11)(H2,7,8)(H,9,12). The molecule has 12 heavy (non-hydrogen) atoms. The maximum Gasteiger partial charge on any atom is 0.240 e. The van der Waals surface area contributed by atoms with Gasteiger partial charge in [0.15, 0.2) is 4.77 Å². The number of primary amides is 1. The van der Waals surface area contributed by atoms with E-state index in [4.69, 9.17) is 23.7 Å². The molecule has 0 saturated heterocycles. The normalized spacial score (nSPS) is 12.8. The first-order valence-electron chi connectivity index (χ1n) is 3.25. The van der Waals surface area contributed by atoms with E-state index < -0.39 is 11.9 Å². The Kier molecular flexibility index (Phi) is 2.13. The van der Waals surface area contributed by atoms with E-state index in [-0.39, 0.29) is 5.95 Å². The molecular weight excluding hydrogens is 178 g/mol. The van der Waals surface area contributed by atoms with Crippen molar-refractivity contribution in [3.05, 3.63) is 4.77 Å². The van der Waals surface area contributed by atoms with Crippen LogP contribution in [0, 0.1) is 4.77 Å². The van der Waals surface area contributed by atoms with Crippen LogP contribution in [0.1, 0.15) is 13.0 Å². The van der Waals surface area contributed by atoms with E-state index in [0.29, 0.717) is 4.77 Å². The number of carbonyl (C=O) groups excluding carboxylic acids is 1. The monoisotopic (exact) mass is 187 g/mol. The molecule has 1 rings (SSSR count). The summed E-state index contributed by atoms with van der Waals surface area (Å²) in [6.07, 6.45) is 0. The van der Waals surface area contributed by atoms with Crippen LogP contribution in [0.25, 0.3) is 0 Å². The summed E-state index contributed by atoms with van der Waals surface area (Å²) >= 11 is 4.83. The topological polar surface area (TPSA) is 103 Å². The summed E-state index contributed by atoms with van der Waals surface area (Å²) in [4.78, 5) is 10.8. The number of nitrogens with zero attached hydrogens (tertiary/aromatic N) is 2. The number of carbonyl (C=O) groups is 1. The summed E-state index contributed by atoms with van der Waals surface area (Å²) < 4.78 is 1.65. The Morgan fingerprint density at radius 3 is 2.75 bits per heavy atom. The highest BCUT2D eigenvalue weighted by Gasteiger charge is 2.14. The number of hydrogen-bond donors (Lipinski definition) is 3. The molecule has 0 fully saturated rings. The van der Waals surface area contributed by atoms with Gasteiger partial charge in [0.25, 0.3) is 0 Å². The van der Waals surface area contributed by atoms with Gasteiger partial charge in [-0.05, 0) is 19.1 Å². The van der Waals surface area contributed by atoms with Gasteiger partial charge in [0.2, 0.25) is 11.9 Å². The highest BCUT2D eigenvalue weighted by Crippen LogP contribution is 2.09. The Hall–Kier alpha value is -1.37. The molecule has 0 saturated carbocycles. The molecule has 1 unspecified atom stereocenters. The van der Waals surface area contributed by atoms with E-state index >= 15 is 0 Å². The summed E-state index contributed by atoms with van der Waals surface area (Å²) in [5.41, 5.74) is 10.5. The van der Waals surface area contributed by atoms with Crippen LogP contribution in [0.15, 0.2) is 0 Å². The second-order valence-corrected chi connectivity index (χ2v) is 2.72. The van der Waals surface area contributed by atoms with E-state index in [1.54, 1.807) is 6.92 Å². The molecule has 1 heterocycles. The van der Waals surface area contributed by atoms with E-state index in [1.807, 2.05) is 0 Å². The number of amides is 1. The maximum atomic E-state index is 10.8. The quantitative estimate of drug-likeness (QED) is 0.546. The highest BCUT2D eigenvalue weighted by molar-refractivity contribution is 7.71. The molecule has 0 aromatic carbocycles. The van der Waals surface area contributed by atoms with Crippen molar-refractivity contribution in [2.75, 3.05) is 5.73 Å². The lowest BCUT2D eigenvalue weighted by molar-refractivity contribution is -0.120. The van der Waals surface area contributed by atoms with Crippen molar-refractivity contribution < 1.29 is 4.79 Å². The Labute approximate surface area is 73.6 Å². The number of aromatic amines is 1. The molecule has 0 aliphatic carbocycles. The Balaban J connectivity index is 3.18. The van der Waals surface area contributed by atoms with Crippen LogP contribution in [0.4, 0.5) is 5.95 Å². The predicted molar refractivity (Wildman–Crippen MR) is 45.7 cm³/mol. The SMILES string of the molecule is CC(C(N)=O)n1c(N)n[nH]c1=S. The molecule has 0 aliphatic heterocycles. The highest BCUT2D eigenvalue weighted by atomic mass is 32.1. The third kappa shape index (κ3) is 1.30. The number of nitrogens with one attached hydrogen (secondary N) is 1. The molecular formula is C5H9N5OS. The van der Waals surface area contributed by atoms with E-state index in [1.165, 1.54) is 4.57 Å². The molecule has 0 spiro atoms. The number of aromatic nitrogens is 3. The van der Waals surface area contributed by atoms with Gasteiger partial charge in [-0.1, -0.05) is 0 Å². The van der Waals surface area contributed by atoms with Gasteiger partial charge in [-0.25, -0.2) is 5.10 Å². The van der Waals surface area contributed by atoms with Crippen molar-refractivity contribution in [3.8, 4) is 0 Å². The van der Waals surface area contributed by atoms with Gasteiger partial charge in [-0.3, -0.25) is 9.36 Å². The summed E-state index contributed by atoms with van der Waals surface area (Å²) in [6, 6.07) is -0.573. The van der Waals surface area contributed by atoms with Crippen LogP contribution in [0.5, 0.6) is 0 Å². The van der Waals surface area contributed by atoms with Crippen LogP contribution >= 0.6 is 12.2 Å². The van der Waals surface area contributed by atoms with Gasteiger partial charge in [-0.15, -0.1) is 5.10 Å². The first kappa shape index (κ1) is 8.72. The summed E-state index contributed by atoms with van der Waals surface area (Å²) in [5.74, 6) is -0.342. The fraction of sp³-hybridized carbons (Fsp3) is 0.400. The fourth-order valence-electron chi connectivity index (χ4n) is 0.818. The fourth-order valence-corrected chi connectivity index (χ4v) is 1.12. The van der Waals surface area contributed by atoms with Crippen LogP contribution in [-0.4, -0.2) is 20.7 Å². The van der Waals surface area contributed by atoms with Crippen LogP contribution in [0.2, 0.25) is 0 Å². The smallest absolute Gasteiger partial charge is 0.240 e. The van der Waals surface area contributed by atoms with Gasteiger partial charge < -0.3 is 11.5 Å². The first-order chi connectivity index (χ1) is 5.54. The summed E-state index contributed by atoms with van der Waals surface area (Å²) in [7, 11) is 0. The van der Waals surface area contributed by atoms with Gasteiger partial charge in [0.1, 0.15) is 6.04 Å². The molecule has 0 radical (unpaired) electrons. The van der Waals surface area contributed by atoms with Crippen LogP contribution in [-0.2, 0) is 4.79 Å². The maximum absolute atomic E-state index is 10.8. The number of hydrogen-bond acceptors (Lipinski definition) is 4. The minimum absolute atomic E-state index is 0.159. The lowest BCUT2D eigenvalue weighted by atomic mass is 10.3. The number of rotatable bonds is 2. The average Bonchev–Trinajstić information content (AvgIpc) is 2.30. The Morgan fingerprint density at radius 1 is 1.83 bits per heavy atom. The molecule has 1 aromatic rings. The molecule has 7 heteroatoms. The van der Waals surface area contributed by atoms with Gasteiger partial charge >= 0.3 is 0 Å². The van der Waals surface area contributed by atoms with E-state index in [2.05, 4.69) is 10.2 Å². The molecule has 6 nitrogen and oxygen atoms in total. The molecule has 66 valence electrons. The van der Waals surface area contributed by atoms with Crippen LogP contribution < -0.4 is 11.5 Å². The van der Waals surface area contributed by atoms with Crippen molar-refractivity contribution >= 4 is 24.1 Å². The zero-order valence-electron chi connectivity index (χ0n) is 6.44. The minimum atomic E-state index is -0.573. The van der Waals surface area contributed by atoms with Crippen molar-refractivity contribution in [3.63, 3.8) is 0 Å². The van der Waals surface area contributed by atoms with Crippen molar-refractivity contribution in [2.24, 2.45) is 5.73 Å². The zero-order valence-corrected chi connectivity index (χ0v) is 7.26. The average molecular weight is 187 g/mol. The van der Waals surface area contributed by atoms with Crippen molar-refractivity contribution in [1.82, 2.24) is 14.8 Å². The first-order valence-corrected chi connectivity index (χ1v) is 3.66. The van der Waals surface area contributed by atoms with E-state index in [9.17, 15) is 4.79 Å². The van der Waals surface area contributed by atoms with E-state index in [0.717, 1.165) is 0 Å². The van der Waals surface area contributed by atoms with Gasteiger partial charge in [0.05, 0.1) is 0 Å². The van der Waals surface area contributed by atoms with Crippen LogP contribution in [0.3, 0.4) is 0 Å². The third-order valence-corrected chi connectivity index (χ3v) is 1.82. The molecule has 0 bridgehead atoms. The third-order valence-electron chi connectivity index (χ3n) is 1.53. The lowest BCUT2D eigenvalue weighted by Crippen LogP contribution is -2.25.